The van der Waals surface area contributed by atoms with Gasteiger partial charge in [0.2, 0.25) is 5.91 Å². The quantitative estimate of drug-likeness (QED) is 0.250. The van der Waals surface area contributed by atoms with Crippen LogP contribution in [0, 0.1) is 12.7 Å². The smallest absolute Gasteiger partial charge is 0.409 e. The lowest BCUT2D eigenvalue weighted by molar-refractivity contribution is -0.115. The molecule has 4 aromatic rings. The first-order chi connectivity index (χ1) is 16.8. The number of aryl methyl sites for hydroxylation is 1. The molecule has 0 atom stereocenters. The van der Waals surface area contributed by atoms with Crippen LogP contribution in [0.25, 0.3) is 16.8 Å². The van der Waals surface area contributed by atoms with Gasteiger partial charge in [-0.15, -0.1) is 0 Å². The second-order valence-corrected chi connectivity index (χ2v) is 7.74. The molecule has 0 fully saturated rings. The Kier molecular flexibility index (Phi) is 6.68. The lowest BCUT2D eigenvalue weighted by atomic mass is 10.0. The number of amides is 2. The molecule has 4 rings (SSSR count). The Morgan fingerprint density at radius 2 is 1.69 bits per heavy atom. The first kappa shape index (κ1) is 23.4. The lowest BCUT2D eigenvalue weighted by Crippen LogP contribution is -2.18. The molecule has 3 aromatic carbocycles. The summed E-state index contributed by atoms with van der Waals surface area (Å²) in [7, 11) is 0. The third-order valence-corrected chi connectivity index (χ3v) is 5.31. The monoisotopic (exact) mass is 472 g/mol. The van der Waals surface area contributed by atoms with Gasteiger partial charge >= 0.3 is 6.09 Å². The number of carbonyl (C=O) groups excluding carboxylic acids is 2. The van der Waals surface area contributed by atoms with E-state index in [9.17, 15) is 18.8 Å². The van der Waals surface area contributed by atoms with Crippen LogP contribution in [-0.4, -0.2) is 32.4 Å². The Hall–Kier alpha value is -4.79. The molecule has 35 heavy (non-hydrogen) atoms. The maximum atomic E-state index is 13.3. The van der Waals surface area contributed by atoms with Crippen molar-refractivity contribution in [3.05, 3.63) is 96.3 Å². The number of aromatic nitrogens is 2. The number of anilines is 2. The van der Waals surface area contributed by atoms with Gasteiger partial charge in [0.1, 0.15) is 11.6 Å². The van der Waals surface area contributed by atoms with Crippen LogP contribution in [0.2, 0.25) is 0 Å². The number of hydrogen-bond donors (Lipinski definition) is 3. The summed E-state index contributed by atoms with van der Waals surface area (Å²) in [5.74, 6) is -0.641. The molecule has 0 spiro atoms. The molecule has 0 unspecified atom stereocenters. The fourth-order valence-corrected chi connectivity index (χ4v) is 3.62. The number of rotatable bonds is 7. The lowest BCUT2D eigenvalue weighted by Gasteiger charge is -2.13. The highest BCUT2D eigenvalue weighted by Crippen LogP contribution is 2.29. The van der Waals surface area contributed by atoms with E-state index in [1.54, 1.807) is 54.9 Å². The van der Waals surface area contributed by atoms with Crippen LogP contribution in [0.5, 0.6) is 0 Å². The minimum Gasteiger partial charge on any atom is -0.465 e. The van der Waals surface area contributed by atoms with Gasteiger partial charge in [0.15, 0.2) is 5.78 Å². The van der Waals surface area contributed by atoms with Crippen LogP contribution >= 0.6 is 0 Å². The number of hydrogen-bond acceptors (Lipinski definition) is 4. The van der Waals surface area contributed by atoms with Crippen LogP contribution in [0.4, 0.5) is 20.6 Å². The van der Waals surface area contributed by atoms with E-state index < -0.39 is 30.0 Å². The van der Waals surface area contributed by atoms with E-state index in [0.717, 1.165) is 11.5 Å². The van der Waals surface area contributed by atoms with E-state index in [1.807, 2.05) is 17.6 Å². The van der Waals surface area contributed by atoms with E-state index >= 15 is 0 Å². The van der Waals surface area contributed by atoms with E-state index in [2.05, 4.69) is 15.6 Å². The largest absolute Gasteiger partial charge is 0.465 e. The van der Waals surface area contributed by atoms with Crippen LogP contribution in [0.3, 0.4) is 0 Å². The van der Waals surface area contributed by atoms with E-state index in [0.29, 0.717) is 16.7 Å². The third-order valence-electron chi connectivity index (χ3n) is 5.31. The van der Waals surface area contributed by atoms with Crippen molar-refractivity contribution in [1.29, 1.82) is 0 Å². The third kappa shape index (κ3) is 5.59. The zero-order valence-electron chi connectivity index (χ0n) is 18.7. The van der Waals surface area contributed by atoms with Crippen molar-refractivity contribution >= 4 is 29.2 Å². The van der Waals surface area contributed by atoms with Gasteiger partial charge in [-0.25, -0.2) is 14.2 Å². The maximum Gasteiger partial charge on any atom is 0.409 e. The fraction of sp³-hybridized carbons (Fsp3) is 0.0769. The summed E-state index contributed by atoms with van der Waals surface area (Å²) in [6.07, 6.45) is 1.67. The average Bonchev–Trinajstić information content (AvgIpc) is 3.26. The van der Waals surface area contributed by atoms with E-state index in [1.165, 1.54) is 18.2 Å². The molecule has 0 aliphatic rings. The van der Waals surface area contributed by atoms with Crippen LogP contribution < -0.4 is 10.6 Å². The van der Waals surface area contributed by atoms with Gasteiger partial charge in [0, 0.05) is 23.6 Å². The second-order valence-electron chi connectivity index (χ2n) is 7.74. The summed E-state index contributed by atoms with van der Waals surface area (Å²) >= 11 is 0. The van der Waals surface area contributed by atoms with E-state index in [4.69, 9.17) is 5.11 Å². The number of nitrogens with one attached hydrogen (secondary N) is 2. The summed E-state index contributed by atoms with van der Waals surface area (Å²) in [5, 5.41) is 14.0. The molecular weight excluding hydrogens is 451 g/mol. The molecule has 3 N–H and O–H groups in total. The first-order valence-corrected chi connectivity index (χ1v) is 10.6. The maximum absolute atomic E-state index is 13.3. The Morgan fingerprint density at radius 1 is 0.943 bits per heavy atom. The number of nitrogens with zero attached hydrogens (tertiary/aromatic N) is 2. The number of carboxylic acid groups (broad SMARTS) is 1. The molecule has 8 nitrogen and oxygen atoms in total. The number of Topliss-reactive ketones (excluding diaryl/α,β-unsaturated/α-hetero) is 1. The molecule has 1 heterocycles. The minimum atomic E-state index is -1.31. The molecule has 0 saturated carbocycles. The zero-order valence-corrected chi connectivity index (χ0v) is 18.7. The summed E-state index contributed by atoms with van der Waals surface area (Å²) in [6, 6.07) is 17.3. The highest BCUT2D eigenvalue weighted by molar-refractivity contribution is 6.12. The molecule has 2 amide bonds. The van der Waals surface area contributed by atoms with Gasteiger partial charge in [0.25, 0.3) is 0 Å². The Bertz CT molecular complexity index is 1410. The highest BCUT2D eigenvalue weighted by atomic mass is 19.1. The molecule has 0 aliphatic heterocycles. The molecule has 9 heteroatoms. The van der Waals surface area contributed by atoms with Gasteiger partial charge < -0.3 is 15.0 Å². The SMILES string of the molecule is Cc1nccn1-c1cccc(C(=O)CC(=O)Nc2cc(-c3ccc(F)cc3)ccc2NC(=O)O)c1. The van der Waals surface area contributed by atoms with Gasteiger partial charge in [-0.2, -0.15) is 0 Å². The predicted molar refractivity (Wildman–Crippen MR) is 129 cm³/mol. The van der Waals surface area contributed by atoms with Crippen molar-refractivity contribution in [2.75, 3.05) is 10.6 Å². The van der Waals surface area contributed by atoms with E-state index in [-0.39, 0.29) is 11.4 Å². The zero-order chi connectivity index (χ0) is 24.9. The Labute approximate surface area is 200 Å². The topological polar surface area (TPSA) is 113 Å². The second kappa shape index (κ2) is 10.0. The van der Waals surface area contributed by atoms with Crippen molar-refractivity contribution < 1.29 is 23.9 Å². The van der Waals surface area contributed by atoms with Crippen LogP contribution in [0.1, 0.15) is 22.6 Å². The first-order valence-electron chi connectivity index (χ1n) is 10.6. The summed E-state index contributed by atoms with van der Waals surface area (Å²) < 4.78 is 15.1. The Morgan fingerprint density at radius 3 is 2.37 bits per heavy atom. The molecule has 1 aromatic heterocycles. The highest BCUT2D eigenvalue weighted by Gasteiger charge is 2.16. The summed E-state index contributed by atoms with van der Waals surface area (Å²) in [4.78, 5) is 40.9. The standard InChI is InChI=1S/C26H21FN4O4/c1-16-28-11-12-31(16)21-4-2-3-19(13-21)24(32)15-25(33)29-23-14-18(7-10-22(23)30-26(34)35)17-5-8-20(27)9-6-17/h2-14,30H,15H2,1H3,(H,29,33)(H,34,35). The molecule has 0 aliphatic carbocycles. The van der Waals surface area contributed by atoms with Crippen LogP contribution in [0.15, 0.2) is 79.1 Å². The van der Waals surface area contributed by atoms with Crippen molar-refractivity contribution in [3.8, 4) is 16.8 Å². The van der Waals surface area contributed by atoms with Crippen molar-refractivity contribution in [3.63, 3.8) is 0 Å². The Balaban J connectivity index is 1.54. The molecule has 0 radical (unpaired) electrons. The summed E-state index contributed by atoms with van der Waals surface area (Å²) in [5.41, 5.74) is 2.72. The summed E-state index contributed by atoms with van der Waals surface area (Å²) in [6.45, 7) is 1.84. The van der Waals surface area contributed by atoms with Gasteiger partial charge in [-0.3, -0.25) is 14.9 Å². The average molecular weight is 472 g/mol. The number of imidazole rings is 1. The minimum absolute atomic E-state index is 0.141. The van der Waals surface area contributed by atoms with Gasteiger partial charge in [-0.05, 0) is 54.4 Å². The number of carbonyl (C=O) groups is 3. The molecule has 176 valence electrons. The molecule has 0 saturated heterocycles. The van der Waals surface area contributed by atoms with Crippen LogP contribution in [-0.2, 0) is 4.79 Å². The molecular formula is C26H21FN4O4. The number of benzene rings is 3. The predicted octanol–water partition coefficient (Wildman–Crippen LogP) is 5.29. The van der Waals surface area contributed by atoms with Crippen molar-refractivity contribution in [2.45, 2.75) is 13.3 Å². The molecule has 0 bridgehead atoms. The van der Waals surface area contributed by atoms with Crippen molar-refractivity contribution in [2.24, 2.45) is 0 Å². The fourth-order valence-electron chi connectivity index (χ4n) is 3.62. The number of halogens is 1. The van der Waals surface area contributed by atoms with Gasteiger partial charge in [0.05, 0.1) is 17.8 Å². The normalized spacial score (nSPS) is 10.6. The number of ketones is 1. The van der Waals surface area contributed by atoms with Crippen molar-refractivity contribution in [1.82, 2.24) is 9.55 Å². The van der Waals surface area contributed by atoms with Gasteiger partial charge in [-0.1, -0.05) is 30.3 Å².